The maximum absolute atomic E-state index is 12.8. The van der Waals surface area contributed by atoms with Crippen LogP contribution in [0.5, 0.6) is 0 Å². The molecular weight excluding hydrogens is 373 g/mol. The van der Waals surface area contributed by atoms with Gasteiger partial charge in [-0.05, 0) is 42.8 Å². The van der Waals surface area contributed by atoms with Crippen molar-refractivity contribution in [3.05, 3.63) is 53.8 Å². The van der Waals surface area contributed by atoms with Gasteiger partial charge < -0.3 is 10.6 Å². The van der Waals surface area contributed by atoms with Gasteiger partial charge in [-0.25, -0.2) is 9.37 Å². The van der Waals surface area contributed by atoms with Crippen molar-refractivity contribution in [3.63, 3.8) is 0 Å². The van der Waals surface area contributed by atoms with E-state index < -0.39 is 0 Å². The Morgan fingerprint density at radius 3 is 2.46 bits per heavy atom. The Bertz CT molecular complexity index is 941. The molecular formula is C18H16FN3O2S2. The number of aryl methyl sites for hydroxylation is 1. The van der Waals surface area contributed by atoms with Crippen LogP contribution in [0.15, 0.2) is 42.5 Å². The Kier molecular flexibility index (Phi) is 5.85. The van der Waals surface area contributed by atoms with Crippen molar-refractivity contribution < 1.29 is 14.0 Å². The zero-order chi connectivity index (χ0) is 18.5. The summed E-state index contributed by atoms with van der Waals surface area (Å²) in [5.74, 6) is -0.541. The molecule has 0 bridgehead atoms. The minimum absolute atomic E-state index is 0.129. The second kappa shape index (κ2) is 8.29. The molecule has 0 spiro atoms. The van der Waals surface area contributed by atoms with Crippen LogP contribution in [0.25, 0.3) is 10.2 Å². The van der Waals surface area contributed by atoms with Gasteiger partial charge in [-0.15, -0.1) is 11.8 Å². The Morgan fingerprint density at radius 2 is 1.77 bits per heavy atom. The van der Waals surface area contributed by atoms with Gasteiger partial charge in [0.2, 0.25) is 11.8 Å². The van der Waals surface area contributed by atoms with Crippen LogP contribution < -0.4 is 10.6 Å². The number of thiazole rings is 1. The molecule has 8 heteroatoms. The first-order valence-electron chi connectivity index (χ1n) is 7.80. The van der Waals surface area contributed by atoms with Crippen LogP contribution in [0.4, 0.5) is 15.2 Å². The standard InChI is InChI=1S/C18H16FN3O2S2/c1-11-3-2-4-14-17(11)22-18(26-14)21-16(24)10-25-9-15(23)20-13-7-5-12(19)6-8-13/h2-8H,9-10H2,1H3,(H,20,23)(H,21,22,24). The molecule has 2 N–H and O–H groups in total. The summed E-state index contributed by atoms with van der Waals surface area (Å²) in [6, 6.07) is 11.4. The van der Waals surface area contributed by atoms with E-state index in [-0.39, 0.29) is 29.1 Å². The average Bonchev–Trinajstić information content (AvgIpc) is 3.01. The minimum atomic E-state index is -0.362. The number of thioether (sulfide) groups is 1. The van der Waals surface area contributed by atoms with Gasteiger partial charge >= 0.3 is 0 Å². The lowest BCUT2D eigenvalue weighted by Gasteiger charge is -2.05. The lowest BCUT2D eigenvalue weighted by molar-refractivity contribution is -0.114. The van der Waals surface area contributed by atoms with E-state index in [1.807, 2.05) is 25.1 Å². The zero-order valence-electron chi connectivity index (χ0n) is 13.9. The maximum atomic E-state index is 12.8. The van der Waals surface area contributed by atoms with Gasteiger partial charge in [0.25, 0.3) is 0 Å². The normalized spacial score (nSPS) is 10.7. The van der Waals surface area contributed by atoms with E-state index in [2.05, 4.69) is 15.6 Å². The number of anilines is 2. The molecule has 2 amide bonds. The Hall–Kier alpha value is -2.45. The highest BCUT2D eigenvalue weighted by atomic mass is 32.2. The molecule has 0 saturated heterocycles. The van der Waals surface area contributed by atoms with Crippen molar-refractivity contribution >= 4 is 55.9 Å². The van der Waals surface area contributed by atoms with Crippen molar-refractivity contribution in [2.75, 3.05) is 22.1 Å². The number of carbonyl (C=O) groups is 2. The maximum Gasteiger partial charge on any atom is 0.236 e. The van der Waals surface area contributed by atoms with Gasteiger partial charge in [-0.2, -0.15) is 0 Å². The van der Waals surface area contributed by atoms with E-state index in [0.29, 0.717) is 10.8 Å². The highest BCUT2D eigenvalue weighted by Gasteiger charge is 2.10. The second-order valence-corrected chi connectivity index (χ2v) is 7.55. The van der Waals surface area contributed by atoms with Crippen LogP contribution in [0.2, 0.25) is 0 Å². The number of rotatable bonds is 6. The molecule has 1 aromatic heterocycles. The van der Waals surface area contributed by atoms with Crippen LogP contribution in [-0.4, -0.2) is 28.3 Å². The van der Waals surface area contributed by atoms with E-state index in [9.17, 15) is 14.0 Å². The topological polar surface area (TPSA) is 71.1 Å². The second-order valence-electron chi connectivity index (χ2n) is 5.54. The van der Waals surface area contributed by atoms with Crippen molar-refractivity contribution in [2.24, 2.45) is 0 Å². The summed E-state index contributed by atoms with van der Waals surface area (Å²) in [4.78, 5) is 28.3. The molecule has 0 unspecified atom stereocenters. The molecule has 5 nitrogen and oxygen atoms in total. The summed E-state index contributed by atoms with van der Waals surface area (Å²) in [6.45, 7) is 1.98. The molecule has 0 saturated carbocycles. The molecule has 1 heterocycles. The van der Waals surface area contributed by atoms with E-state index >= 15 is 0 Å². The fourth-order valence-corrected chi connectivity index (χ4v) is 3.84. The Morgan fingerprint density at radius 1 is 1.08 bits per heavy atom. The van der Waals surface area contributed by atoms with Gasteiger partial charge in [0.15, 0.2) is 5.13 Å². The number of hydrogen-bond donors (Lipinski definition) is 2. The predicted octanol–water partition coefficient (Wildman–Crippen LogP) is 4.05. The van der Waals surface area contributed by atoms with Crippen LogP contribution in [0, 0.1) is 12.7 Å². The molecule has 3 aromatic rings. The number of nitrogens with one attached hydrogen (secondary N) is 2. The molecule has 26 heavy (non-hydrogen) atoms. The third-order valence-electron chi connectivity index (χ3n) is 3.46. The minimum Gasteiger partial charge on any atom is -0.325 e. The number of amides is 2. The van der Waals surface area contributed by atoms with Gasteiger partial charge in [-0.1, -0.05) is 23.5 Å². The molecule has 0 fully saturated rings. The van der Waals surface area contributed by atoms with Gasteiger partial charge in [-0.3, -0.25) is 9.59 Å². The molecule has 3 rings (SSSR count). The van der Waals surface area contributed by atoms with Crippen LogP contribution in [0.1, 0.15) is 5.56 Å². The number of halogens is 1. The first-order chi connectivity index (χ1) is 12.5. The highest BCUT2D eigenvalue weighted by Crippen LogP contribution is 2.27. The number of hydrogen-bond acceptors (Lipinski definition) is 5. The van der Waals surface area contributed by atoms with Crippen LogP contribution >= 0.6 is 23.1 Å². The van der Waals surface area contributed by atoms with Crippen molar-refractivity contribution in [1.82, 2.24) is 4.98 Å². The Balaban J connectivity index is 1.45. The summed E-state index contributed by atoms with van der Waals surface area (Å²) < 4.78 is 13.8. The first kappa shape index (κ1) is 18.3. The summed E-state index contributed by atoms with van der Waals surface area (Å²) in [7, 11) is 0. The number of fused-ring (bicyclic) bond motifs is 1. The smallest absolute Gasteiger partial charge is 0.236 e. The summed E-state index contributed by atoms with van der Waals surface area (Å²) in [6.07, 6.45) is 0. The van der Waals surface area contributed by atoms with Crippen molar-refractivity contribution in [1.29, 1.82) is 0 Å². The molecule has 0 radical (unpaired) electrons. The van der Waals surface area contributed by atoms with Crippen LogP contribution in [0.3, 0.4) is 0 Å². The largest absolute Gasteiger partial charge is 0.325 e. The SMILES string of the molecule is Cc1cccc2sc(NC(=O)CSCC(=O)Nc3ccc(F)cc3)nc12. The third-order valence-corrected chi connectivity index (χ3v) is 5.33. The van der Waals surface area contributed by atoms with Gasteiger partial charge in [0.05, 0.1) is 21.7 Å². The fourth-order valence-electron chi connectivity index (χ4n) is 2.26. The Labute approximate surface area is 158 Å². The zero-order valence-corrected chi connectivity index (χ0v) is 15.5. The molecule has 0 aliphatic carbocycles. The van der Waals surface area contributed by atoms with Crippen molar-refractivity contribution in [2.45, 2.75) is 6.92 Å². The molecule has 2 aromatic carbocycles. The van der Waals surface area contributed by atoms with Crippen molar-refractivity contribution in [3.8, 4) is 0 Å². The van der Waals surface area contributed by atoms with Crippen LogP contribution in [-0.2, 0) is 9.59 Å². The van der Waals surface area contributed by atoms with E-state index in [0.717, 1.165) is 15.8 Å². The van der Waals surface area contributed by atoms with Gasteiger partial charge in [0.1, 0.15) is 5.82 Å². The summed E-state index contributed by atoms with van der Waals surface area (Å²) in [5.41, 5.74) is 2.47. The molecule has 0 aliphatic rings. The highest BCUT2D eigenvalue weighted by molar-refractivity contribution is 8.00. The fraction of sp³-hybridized carbons (Fsp3) is 0.167. The van der Waals surface area contributed by atoms with E-state index in [1.54, 1.807) is 0 Å². The average molecular weight is 389 g/mol. The molecule has 0 atom stereocenters. The predicted molar refractivity (Wildman–Crippen MR) is 105 cm³/mol. The number of aromatic nitrogens is 1. The number of carbonyl (C=O) groups excluding carboxylic acids is 2. The van der Waals surface area contributed by atoms with E-state index in [1.165, 1.54) is 47.4 Å². The number of benzene rings is 2. The lowest BCUT2D eigenvalue weighted by atomic mass is 10.2. The monoisotopic (exact) mass is 389 g/mol. The lowest BCUT2D eigenvalue weighted by Crippen LogP contribution is -2.18. The number of para-hydroxylation sites is 1. The first-order valence-corrected chi connectivity index (χ1v) is 9.77. The summed E-state index contributed by atoms with van der Waals surface area (Å²) in [5, 5.41) is 5.96. The third kappa shape index (κ3) is 4.80. The van der Waals surface area contributed by atoms with Gasteiger partial charge in [0, 0.05) is 5.69 Å². The molecule has 0 aliphatic heterocycles. The molecule has 134 valence electrons. The summed E-state index contributed by atoms with van der Waals surface area (Å²) >= 11 is 2.62. The number of nitrogens with zero attached hydrogens (tertiary/aromatic N) is 1. The van der Waals surface area contributed by atoms with E-state index in [4.69, 9.17) is 0 Å². The quantitative estimate of drug-likeness (QED) is 0.667.